The first kappa shape index (κ1) is 15.0. The molecule has 0 heterocycles. The van der Waals surface area contributed by atoms with Gasteiger partial charge in [-0.3, -0.25) is 14.9 Å². The molecule has 0 saturated heterocycles. The third-order valence-corrected chi connectivity index (χ3v) is 3.37. The Labute approximate surface area is 126 Å². The van der Waals surface area contributed by atoms with Gasteiger partial charge < -0.3 is 4.90 Å². The van der Waals surface area contributed by atoms with Crippen molar-refractivity contribution in [3.8, 4) is 0 Å². The molecule has 0 aliphatic rings. The number of ketones is 1. The Hall–Kier alpha value is -2.40. The van der Waals surface area contributed by atoms with E-state index in [4.69, 9.17) is 11.6 Å². The zero-order valence-corrected chi connectivity index (χ0v) is 12.3. The molecule has 5 nitrogen and oxygen atoms in total. The van der Waals surface area contributed by atoms with Crippen molar-refractivity contribution in [1.82, 2.24) is 0 Å². The SMILES string of the molecule is CN(C)c1ccc(C(=O)c2ccc([N+](=O)[O-])cc2Cl)cc1. The van der Waals surface area contributed by atoms with Crippen molar-refractivity contribution < 1.29 is 9.72 Å². The van der Waals surface area contributed by atoms with Gasteiger partial charge in [-0.1, -0.05) is 11.6 Å². The van der Waals surface area contributed by atoms with Crippen molar-refractivity contribution in [2.24, 2.45) is 0 Å². The van der Waals surface area contributed by atoms with E-state index >= 15 is 0 Å². The molecule has 0 spiro atoms. The number of non-ortho nitro benzene ring substituents is 1. The molecule has 0 amide bonds. The second kappa shape index (κ2) is 5.93. The maximum absolute atomic E-state index is 12.4. The molecule has 2 rings (SSSR count). The lowest BCUT2D eigenvalue weighted by molar-refractivity contribution is -0.384. The molecule has 0 aliphatic carbocycles. The Balaban J connectivity index is 2.33. The maximum atomic E-state index is 12.4. The molecule has 0 atom stereocenters. The number of nitro benzene ring substituents is 1. The number of nitro groups is 1. The van der Waals surface area contributed by atoms with E-state index in [0.717, 1.165) is 5.69 Å². The number of halogens is 1. The molecular formula is C15H13ClN2O3. The maximum Gasteiger partial charge on any atom is 0.270 e. The Morgan fingerprint density at radius 1 is 1.14 bits per heavy atom. The normalized spacial score (nSPS) is 10.2. The summed E-state index contributed by atoms with van der Waals surface area (Å²) in [6.45, 7) is 0. The lowest BCUT2D eigenvalue weighted by Crippen LogP contribution is -2.09. The number of carbonyl (C=O) groups excluding carboxylic acids is 1. The van der Waals surface area contributed by atoms with Crippen LogP contribution in [0.3, 0.4) is 0 Å². The van der Waals surface area contributed by atoms with Crippen LogP contribution in [0.2, 0.25) is 5.02 Å². The van der Waals surface area contributed by atoms with E-state index < -0.39 is 4.92 Å². The predicted molar refractivity (Wildman–Crippen MR) is 82.3 cm³/mol. The summed E-state index contributed by atoms with van der Waals surface area (Å²) < 4.78 is 0. The van der Waals surface area contributed by atoms with Crippen LogP contribution in [-0.2, 0) is 0 Å². The van der Waals surface area contributed by atoms with E-state index in [1.54, 1.807) is 12.1 Å². The Morgan fingerprint density at radius 2 is 1.76 bits per heavy atom. The highest BCUT2D eigenvalue weighted by Gasteiger charge is 2.16. The molecule has 108 valence electrons. The highest BCUT2D eigenvalue weighted by Crippen LogP contribution is 2.25. The lowest BCUT2D eigenvalue weighted by atomic mass is 10.0. The second-order valence-electron chi connectivity index (χ2n) is 4.69. The van der Waals surface area contributed by atoms with Crippen LogP contribution in [-0.4, -0.2) is 24.8 Å². The van der Waals surface area contributed by atoms with Gasteiger partial charge in [-0.25, -0.2) is 0 Å². The van der Waals surface area contributed by atoms with Crippen molar-refractivity contribution in [1.29, 1.82) is 0 Å². The Bertz CT molecular complexity index is 697. The number of rotatable bonds is 4. The van der Waals surface area contributed by atoms with Gasteiger partial charge in [0.2, 0.25) is 0 Å². The molecule has 0 N–H and O–H groups in total. The highest BCUT2D eigenvalue weighted by molar-refractivity contribution is 6.35. The second-order valence-corrected chi connectivity index (χ2v) is 5.10. The number of hydrogen-bond acceptors (Lipinski definition) is 4. The van der Waals surface area contributed by atoms with Crippen molar-refractivity contribution in [3.63, 3.8) is 0 Å². The van der Waals surface area contributed by atoms with Crippen LogP contribution in [0.4, 0.5) is 11.4 Å². The van der Waals surface area contributed by atoms with Gasteiger partial charge >= 0.3 is 0 Å². The summed E-state index contributed by atoms with van der Waals surface area (Å²) >= 11 is 5.97. The van der Waals surface area contributed by atoms with Gasteiger partial charge in [0, 0.05) is 43.0 Å². The number of carbonyl (C=O) groups is 1. The van der Waals surface area contributed by atoms with Gasteiger partial charge in [0.15, 0.2) is 5.78 Å². The van der Waals surface area contributed by atoms with E-state index in [1.807, 2.05) is 31.1 Å². The lowest BCUT2D eigenvalue weighted by Gasteiger charge is -2.12. The van der Waals surface area contributed by atoms with E-state index in [2.05, 4.69) is 0 Å². The number of hydrogen-bond donors (Lipinski definition) is 0. The number of nitrogens with zero attached hydrogens (tertiary/aromatic N) is 2. The quantitative estimate of drug-likeness (QED) is 0.492. The van der Waals surface area contributed by atoms with Crippen LogP contribution in [0.1, 0.15) is 15.9 Å². The van der Waals surface area contributed by atoms with Crippen LogP contribution >= 0.6 is 11.6 Å². The van der Waals surface area contributed by atoms with E-state index in [-0.39, 0.29) is 22.1 Å². The summed E-state index contributed by atoms with van der Waals surface area (Å²) in [5, 5.41) is 10.7. The van der Waals surface area contributed by atoms with Gasteiger partial charge in [-0.2, -0.15) is 0 Å². The first-order chi connectivity index (χ1) is 9.90. The molecule has 0 saturated carbocycles. The first-order valence-corrected chi connectivity index (χ1v) is 6.54. The van der Waals surface area contributed by atoms with E-state index in [9.17, 15) is 14.9 Å². The third kappa shape index (κ3) is 3.20. The molecule has 0 unspecified atom stereocenters. The Morgan fingerprint density at radius 3 is 2.24 bits per heavy atom. The van der Waals surface area contributed by atoms with Crippen LogP contribution < -0.4 is 4.90 Å². The minimum absolute atomic E-state index is 0.0749. The standard InChI is InChI=1S/C15H13ClN2O3/c1-17(2)11-5-3-10(4-6-11)15(19)13-8-7-12(18(20)21)9-14(13)16/h3-9H,1-2H3. The summed E-state index contributed by atoms with van der Waals surface area (Å²) in [6, 6.07) is 10.9. The molecule has 0 bridgehead atoms. The molecule has 21 heavy (non-hydrogen) atoms. The minimum atomic E-state index is -0.550. The number of benzene rings is 2. The summed E-state index contributed by atoms with van der Waals surface area (Å²) in [7, 11) is 3.81. The van der Waals surface area contributed by atoms with E-state index in [0.29, 0.717) is 5.56 Å². The topological polar surface area (TPSA) is 63.5 Å². The van der Waals surface area contributed by atoms with Crippen molar-refractivity contribution in [2.75, 3.05) is 19.0 Å². The van der Waals surface area contributed by atoms with Crippen molar-refractivity contribution in [2.45, 2.75) is 0 Å². The molecule has 0 aromatic heterocycles. The fraction of sp³-hybridized carbons (Fsp3) is 0.133. The minimum Gasteiger partial charge on any atom is -0.378 e. The van der Waals surface area contributed by atoms with Gasteiger partial charge in [0.25, 0.3) is 5.69 Å². The summed E-state index contributed by atoms with van der Waals surface area (Å²) in [6.07, 6.45) is 0. The fourth-order valence-corrected chi connectivity index (χ4v) is 2.13. The Kier molecular flexibility index (Phi) is 4.23. The van der Waals surface area contributed by atoms with Crippen molar-refractivity contribution >= 4 is 28.8 Å². The van der Waals surface area contributed by atoms with Crippen LogP contribution in [0.25, 0.3) is 0 Å². The molecule has 2 aromatic rings. The third-order valence-electron chi connectivity index (χ3n) is 3.05. The molecule has 0 radical (unpaired) electrons. The molecule has 0 fully saturated rings. The smallest absolute Gasteiger partial charge is 0.270 e. The predicted octanol–water partition coefficient (Wildman–Crippen LogP) is 3.55. The summed E-state index contributed by atoms with van der Waals surface area (Å²) in [5.41, 5.74) is 1.57. The fourth-order valence-electron chi connectivity index (χ4n) is 1.87. The zero-order chi connectivity index (χ0) is 15.6. The summed E-state index contributed by atoms with van der Waals surface area (Å²) in [5.74, 6) is -0.264. The highest BCUT2D eigenvalue weighted by atomic mass is 35.5. The largest absolute Gasteiger partial charge is 0.378 e. The average molecular weight is 305 g/mol. The van der Waals surface area contributed by atoms with Crippen LogP contribution in [0, 0.1) is 10.1 Å². The first-order valence-electron chi connectivity index (χ1n) is 6.16. The number of anilines is 1. The van der Waals surface area contributed by atoms with Crippen LogP contribution in [0.5, 0.6) is 0 Å². The zero-order valence-electron chi connectivity index (χ0n) is 11.5. The van der Waals surface area contributed by atoms with Crippen molar-refractivity contribution in [3.05, 3.63) is 68.7 Å². The van der Waals surface area contributed by atoms with Gasteiger partial charge in [-0.15, -0.1) is 0 Å². The summed E-state index contributed by atoms with van der Waals surface area (Å²) in [4.78, 5) is 24.4. The van der Waals surface area contributed by atoms with Gasteiger partial charge in [-0.05, 0) is 30.3 Å². The average Bonchev–Trinajstić information content (AvgIpc) is 2.46. The monoisotopic (exact) mass is 304 g/mol. The molecule has 2 aromatic carbocycles. The van der Waals surface area contributed by atoms with Crippen LogP contribution in [0.15, 0.2) is 42.5 Å². The molecule has 0 aliphatic heterocycles. The molecule has 6 heteroatoms. The van der Waals surface area contributed by atoms with Gasteiger partial charge in [0.1, 0.15) is 0 Å². The van der Waals surface area contributed by atoms with E-state index in [1.165, 1.54) is 18.2 Å². The van der Waals surface area contributed by atoms with Gasteiger partial charge in [0.05, 0.1) is 9.95 Å². The molecular weight excluding hydrogens is 292 g/mol.